The van der Waals surface area contributed by atoms with Gasteiger partial charge in [-0.25, -0.2) is 0 Å². The van der Waals surface area contributed by atoms with Crippen LogP contribution in [-0.4, -0.2) is 29.9 Å². The summed E-state index contributed by atoms with van der Waals surface area (Å²) >= 11 is 0. The molecule has 1 heterocycles. The minimum absolute atomic E-state index is 0.231. The van der Waals surface area contributed by atoms with Gasteiger partial charge in [0.15, 0.2) is 0 Å². The number of hydrogen-bond acceptors (Lipinski definition) is 2. The Hall–Kier alpha value is -1.35. The molecule has 1 aliphatic rings. The van der Waals surface area contributed by atoms with Crippen LogP contribution in [0.2, 0.25) is 0 Å². The van der Waals surface area contributed by atoms with Crippen molar-refractivity contribution < 1.29 is 4.79 Å². The van der Waals surface area contributed by atoms with E-state index < -0.39 is 0 Å². The second-order valence-corrected chi connectivity index (χ2v) is 5.62. The lowest BCUT2D eigenvalue weighted by atomic mass is 9.90. The Morgan fingerprint density at radius 3 is 2.68 bits per heavy atom. The van der Waals surface area contributed by atoms with Gasteiger partial charge < -0.3 is 10.6 Å². The molecule has 0 saturated carbocycles. The molecular formula is C16H24N2O. The van der Waals surface area contributed by atoms with Gasteiger partial charge in [-0.05, 0) is 24.8 Å². The van der Waals surface area contributed by atoms with Gasteiger partial charge in [0.1, 0.15) is 0 Å². The first-order chi connectivity index (χ1) is 9.10. The lowest BCUT2D eigenvalue weighted by Crippen LogP contribution is -2.49. The average Bonchev–Trinajstić information content (AvgIpc) is 2.42. The molecule has 1 saturated heterocycles. The molecule has 1 amide bonds. The van der Waals surface area contributed by atoms with Crippen LogP contribution in [0.15, 0.2) is 24.3 Å². The van der Waals surface area contributed by atoms with Gasteiger partial charge >= 0.3 is 0 Å². The fourth-order valence-corrected chi connectivity index (χ4v) is 2.70. The third-order valence-corrected chi connectivity index (χ3v) is 4.15. The Balaban J connectivity index is 1.94. The summed E-state index contributed by atoms with van der Waals surface area (Å²) in [5.74, 6) is 0.685. The Kier molecular flexibility index (Phi) is 4.59. The SMILES string of the molecule is CCC1CN(C(=O)Cc2ccc(C)cc2)CCC1N. The smallest absolute Gasteiger partial charge is 0.227 e. The summed E-state index contributed by atoms with van der Waals surface area (Å²) in [7, 11) is 0. The zero-order valence-corrected chi connectivity index (χ0v) is 11.9. The van der Waals surface area contributed by atoms with Crippen molar-refractivity contribution >= 4 is 5.91 Å². The van der Waals surface area contributed by atoms with Crippen LogP contribution in [0.5, 0.6) is 0 Å². The van der Waals surface area contributed by atoms with Crippen LogP contribution in [0.25, 0.3) is 0 Å². The van der Waals surface area contributed by atoms with Crippen LogP contribution in [0.1, 0.15) is 30.9 Å². The number of amides is 1. The van der Waals surface area contributed by atoms with E-state index >= 15 is 0 Å². The monoisotopic (exact) mass is 260 g/mol. The normalized spacial score (nSPS) is 23.4. The highest BCUT2D eigenvalue weighted by molar-refractivity contribution is 5.78. The van der Waals surface area contributed by atoms with E-state index in [1.165, 1.54) is 5.56 Å². The summed E-state index contributed by atoms with van der Waals surface area (Å²) in [5, 5.41) is 0. The van der Waals surface area contributed by atoms with Gasteiger partial charge in [0.2, 0.25) is 5.91 Å². The molecule has 1 aromatic rings. The maximum Gasteiger partial charge on any atom is 0.227 e. The number of nitrogens with zero attached hydrogens (tertiary/aromatic N) is 1. The average molecular weight is 260 g/mol. The summed E-state index contributed by atoms with van der Waals surface area (Å²) in [6, 6.07) is 8.46. The van der Waals surface area contributed by atoms with Gasteiger partial charge in [-0.3, -0.25) is 4.79 Å². The zero-order chi connectivity index (χ0) is 13.8. The maximum atomic E-state index is 12.3. The number of benzene rings is 1. The topological polar surface area (TPSA) is 46.3 Å². The Labute approximate surface area is 115 Å². The highest BCUT2D eigenvalue weighted by Gasteiger charge is 2.27. The van der Waals surface area contributed by atoms with Crippen LogP contribution in [0.3, 0.4) is 0 Å². The standard InChI is InChI=1S/C16H24N2O/c1-3-14-11-18(9-8-15(14)17)16(19)10-13-6-4-12(2)5-7-13/h4-7,14-15H,3,8-11,17H2,1-2H3. The molecule has 1 aliphatic heterocycles. The highest BCUT2D eigenvalue weighted by Crippen LogP contribution is 2.19. The number of likely N-dealkylation sites (tertiary alicyclic amines) is 1. The van der Waals surface area contributed by atoms with Gasteiger partial charge in [-0.1, -0.05) is 43.2 Å². The Bertz CT molecular complexity index is 427. The van der Waals surface area contributed by atoms with E-state index in [-0.39, 0.29) is 11.9 Å². The molecule has 0 radical (unpaired) electrons. The van der Waals surface area contributed by atoms with Crippen molar-refractivity contribution in [2.45, 2.75) is 39.2 Å². The fourth-order valence-electron chi connectivity index (χ4n) is 2.70. The van der Waals surface area contributed by atoms with Crippen molar-refractivity contribution in [3.63, 3.8) is 0 Å². The molecule has 19 heavy (non-hydrogen) atoms. The van der Waals surface area contributed by atoms with E-state index in [2.05, 4.69) is 26.0 Å². The lowest BCUT2D eigenvalue weighted by Gasteiger charge is -2.36. The number of carbonyl (C=O) groups is 1. The second-order valence-electron chi connectivity index (χ2n) is 5.62. The van der Waals surface area contributed by atoms with E-state index in [0.29, 0.717) is 12.3 Å². The minimum atomic E-state index is 0.231. The predicted molar refractivity (Wildman–Crippen MR) is 77.8 cm³/mol. The van der Waals surface area contributed by atoms with Gasteiger partial charge in [0, 0.05) is 19.1 Å². The Morgan fingerprint density at radius 2 is 2.05 bits per heavy atom. The predicted octanol–water partition coefficient (Wildman–Crippen LogP) is 2.12. The molecule has 1 aromatic carbocycles. The molecule has 3 nitrogen and oxygen atoms in total. The van der Waals surface area contributed by atoms with Crippen molar-refractivity contribution in [1.82, 2.24) is 4.90 Å². The third kappa shape index (κ3) is 3.57. The van der Waals surface area contributed by atoms with Crippen molar-refractivity contribution in [2.24, 2.45) is 11.7 Å². The quantitative estimate of drug-likeness (QED) is 0.905. The number of carbonyl (C=O) groups excluding carboxylic acids is 1. The summed E-state index contributed by atoms with van der Waals surface area (Å²) in [6.45, 7) is 5.84. The van der Waals surface area contributed by atoms with Crippen molar-refractivity contribution in [2.75, 3.05) is 13.1 Å². The second kappa shape index (κ2) is 6.20. The Morgan fingerprint density at radius 1 is 1.37 bits per heavy atom. The van der Waals surface area contributed by atoms with Crippen molar-refractivity contribution in [3.05, 3.63) is 35.4 Å². The summed E-state index contributed by atoms with van der Waals surface area (Å²) in [4.78, 5) is 14.3. The van der Waals surface area contributed by atoms with Gasteiger partial charge in [-0.2, -0.15) is 0 Å². The highest BCUT2D eigenvalue weighted by atomic mass is 16.2. The molecule has 0 bridgehead atoms. The van der Waals surface area contributed by atoms with E-state index in [0.717, 1.165) is 31.5 Å². The van der Waals surface area contributed by atoms with Crippen molar-refractivity contribution in [1.29, 1.82) is 0 Å². The van der Waals surface area contributed by atoms with Crippen LogP contribution in [-0.2, 0) is 11.2 Å². The van der Waals surface area contributed by atoms with Crippen LogP contribution >= 0.6 is 0 Å². The molecule has 2 atom stereocenters. The summed E-state index contributed by atoms with van der Waals surface area (Å²) in [6.07, 6.45) is 2.49. The van der Waals surface area contributed by atoms with Gasteiger partial charge in [0.05, 0.1) is 6.42 Å². The van der Waals surface area contributed by atoms with E-state index in [4.69, 9.17) is 5.73 Å². The summed E-state index contributed by atoms with van der Waals surface area (Å²) < 4.78 is 0. The van der Waals surface area contributed by atoms with Crippen LogP contribution in [0, 0.1) is 12.8 Å². The molecule has 3 heteroatoms. The molecule has 1 fully saturated rings. The maximum absolute atomic E-state index is 12.3. The first kappa shape index (κ1) is 14.1. The van der Waals surface area contributed by atoms with E-state index in [1.54, 1.807) is 0 Å². The lowest BCUT2D eigenvalue weighted by molar-refractivity contribution is -0.132. The fraction of sp³-hybridized carbons (Fsp3) is 0.562. The number of aryl methyl sites for hydroxylation is 1. The van der Waals surface area contributed by atoms with Gasteiger partial charge in [-0.15, -0.1) is 0 Å². The number of nitrogens with two attached hydrogens (primary N) is 1. The number of rotatable bonds is 3. The van der Waals surface area contributed by atoms with E-state index in [9.17, 15) is 4.79 Å². The molecular weight excluding hydrogens is 236 g/mol. The number of hydrogen-bond donors (Lipinski definition) is 1. The molecule has 0 aliphatic carbocycles. The minimum Gasteiger partial charge on any atom is -0.342 e. The van der Waals surface area contributed by atoms with Crippen molar-refractivity contribution in [3.8, 4) is 0 Å². The first-order valence-corrected chi connectivity index (χ1v) is 7.19. The molecule has 2 rings (SSSR count). The molecule has 2 N–H and O–H groups in total. The number of piperidine rings is 1. The zero-order valence-electron chi connectivity index (χ0n) is 11.9. The third-order valence-electron chi connectivity index (χ3n) is 4.15. The van der Waals surface area contributed by atoms with Crippen LogP contribution < -0.4 is 5.73 Å². The van der Waals surface area contributed by atoms with E-state index in [1.807, 2.05) is 17.0 Å². The molecule has 2 unspecified atom stereocenters. The molecule has 0 spiro atoms. The first-order valence-electron chi connectivity index (χ1n) is 7.19. The largest absolute Gasteiger partial charge is 0.342 e. The molecule has 0 aromatic heterocycles. The van der Waals surface area contributed by atoms with Crippen LogP contribution in [0.4, 0.5) is 0 Å². The molecule has 104 valence electrons. The summed E-state index contributed by atoms with van der Waals surface area (Å²) in [5.41, 5.74) is 8.41. The van der Waals surface area contributed by atoms with Gasteiger partial charge in [0.25, 0.3) is 0 Å².